The Morgan fingerprint density at radius 3 is 2.23 bits per heavy atom. The van der Waals surface area contributed by atoms with Crippen molar-refractivity contribution in [3.05, 3.63) is 11.1 Å². The number of carboxylic acid groups (broad SMARTS) is 1. The summed E-state index contributed by atoms with van der Waals surface area (Å²) in [5.41, 5.74) is 0.555. The highest BCUT2D eigenvalue weighted by molar-refractivity contribution is 6.14. The standard InChI is InChI=1S/C9H12O4/c1-13-9(12)7(8(10)11)6-4-2-3-5-6/h2-5H2,1H3,(H,10,11). The second-order valence-corrected chi connectivity index (χ2v) is 2.98. The second-order valence-electron chi connectivity index (χ2n) is 2.98. The molecule has 13 heavy (non-hydrogen) atoms. The summed E-state index contributed by atoms with van der Waals surface area (Å²) in [6.07, 6.45) is 3.33. The Bertz CT molecular complexity index is 257. The number of rotatable bonds is 2. The second kappa shape index (κ2) is 4.07. The topological polar surface area (TPSA) is 63.6 Å². The summed E-state index contributed by atoms with van der Waals surface area (Å²) in [4.78, 5) is 21.8. The smallest absolute Gasteiger partial charge is 0.345 e. The number of hydrogen-bond acceptors (Lipinski definition) is 3. The normalized spacial score (nSPS) is 15.6. The number of methoxy groups -OCH3 is 1. The summed E-state index contributed by atoms with van der Waals surface area (Å²) in [6.45, 7) is 0. The van der Waals surface area contributed by atoms with Gasteiger partial charge in [-0.1, -0.05) is 0 Å². The van der Waals surface area contributed by atoms with Crippen LogP contribution in [0.3, 0.4) is 0 Å². The molecule has 72 valence electrons. The third-order valence-corrected chi connectivity index (χ3v) is 2.16. The van der Waals surface area contributed by atoms with E-state index < -0.39 is 11.9 Å². The van der Waals surface area contributed by atoms with Gasteiger partial charge in [0.15, 0.2) is 0 Å². The molecule has 0 atom stereocenters. The van der Waals surface area contributed by atoms with Crippen LogP contribution < -0.4 is 0 Å². The molecule has 1 N–H and O–H groups in total. The van der Waals surface area contributed by atoms with Crippen molar-refractivity contribution in [1.82, 2.24) is 0 Å². The number of aliphatic carboxylic acids is 1. The van der Waals surface area contributed by atoms with E-state index >= 15 is 0 Å². The third-order valence-electron chi connectivity index (χ3n) is 2.16. The molecular weight excluding hydrogens is 172 g/mol. The van der Waals surface area contributed by atoms with Gasteiger partial charge in [-0.05, 0) is 31.3 Å². The molecule has 0 aliphatic heterocycles. The van der Waals surface area contributed by atoms with Crippen molar-refractivity contribution in [2.24, 2.45) is 0 Å². The number of hydrogen-bond donors (Lipinski definition) is 1. The van der Waals surface area contributed by atoms with Crippen LogP contribution in [0.15, 0.2) is 11.1 Å². The van der Waals surface area contributed by atoms with E-state index in [1.807, 2.05) is 0 Å². The zero-order chi connectivity index (χ0) is 9.84. The zero-order valence-electron chi connectivity index (χ0n) is 7.50. The van der Waals surface area contributed by atoms with Gasteiger partial charge in [-0.3, -0.25) is 0 Å². The first-order valence-corrected chi connectivity index (χ1v) is 4.20. The van der Waals surface area contributed by atoms with E-state index in [4.69, 9.17) is 5.11 Å². The minimum atomic E-state index is -1.18. The first kappa shape index (κ1) is 9.77. The minimum absolute atomic E-state index is 0.167. The Morgan fingerprint density at radius 1 is 1.31 bits per heavy atom. The number of carbonyl (C=O) groups excluding carboxylic acids is 1. The van der Waals surface area contributed by atoms with Gasteiger partial charge in [0, 0.05) is 0 Å². The summed E-state index contributed by atoms with van der Waals surface area (Å²) in [5.74, 6) is -1.91. The molecule has 0 radical (unpaired) electrons. The molecule has 1 fully saturated rings. The number of carbonyl (C=O) groups is 2. The Labute approximate surface area is 76.2 Å². The fourth-order valence-electron chi connectivity index (χ4n) is 1.54. The highest BCUT2D eigenvalue weighted by Gasteiger charge is 2.24. The molecule has 1 saturated carbocycles. The first-order valence-electron chi connectivity index (χ1n) is 4.20. The Balaban J connectivity index is 2.96. The molecule has 0 saturated heterocycles. The molecule has 0 aromatic carbocycles. The third kappa shape index (κ3) is 2.08. The van der Waals surface area contributed by atoms with E-state index in [1.54, 1.807) is 0 Å². The van der Waals surface area contributed by atoms with Crippen LogP contribution in [0.2, 0.25) is 0 Å². The van der Waals surface area contributed by atoms with Crippen molar-refractivity contribution in [3.8, 4) is 0 Å². The molecule has 0 amide bonds. The molecule has 1 aliphatic rings. The molecule has 1 rings (SSSR count). The van der Waals surface area contributed by atoms with E-state index in [9.17, 15) is 9.59 Å². The highest BCUT2D eigenvalue weighted by Crippen LogP contribution is 2.27. The van der Waals surface area contributed by atoms with Gasteiger partial charge in [-0.2, -0.15) is 0 Å². The van der Waals surface area contributed by atoms with Gasteiger partial charge >= 0.3 is 11.9 Å². The van der Waals surface area contributed by atoms with Crippen LogP contribution in [0, 0.1) is 0 Å². The summed E-state index contributed by atoms with van der Waals surface area (Å²) >= 11 is 0. The maximum Gasteiger partial charge on any atom is 0.345 e. The van der Waals surface area contributed by atoms with Crippen LogP contribution in [0.1, 0.15) is 25.7 Å². The zero-order valence-corrected chi connectivity index (χ0v) is 7.50. The SMILES string of the molecule is COC(=O)C(C(=O)O)=C1CCCC1. The molecule has 0 spiro atoms. The molecule has 0 aromatic rings. The average Bonchev–Trinajstić information content (AvgIpc) is 2.56. The monoisotopic (exact) mass is 184 g/mol. The summed E-state index contributed by atoms with van der Waals surface area (Å²) in [6, 6.07) is 0. The van der Waals surface area contributed by atoms with E-state index in [1.165, 1.54) is 7.11 Å². The molecule has 0 aromatic heterocycles. The molecule has 4 heteroatoms. The Hall–Kier alpha value is -1.32. The largest absolute Gasteiger partial charge is 0.477 e. The Morgan fingerprint density at radius 2 is 1.85 bits per heavy atom. The van der Waals surface area contributed by atoms with Crippen molar-refractivity contribution < 1.29 is 19.4 Å². The lowest BCUT2D eigenvalue weighted by molar-refractivity contribution is -0.142. The summed E-state index contributed by atoms with van der Waals surface area (Å²) in [5, 5.41) is 8.78. The molecular formula is C9H12O4. The van der Waals surface area contributed by atoms with Crippen LogP contribution in [-0.4, -0.2) is 24.2 Å². The number of allylic oxidation sites excluding steroid dienone is 1. The van der Waals surface area contributed by atoms with Gasteiger partial charge in [-0.15, -0.1) is 0 Å². The van der Waals surface area contributed by atoms with E-state index in [2.05, 4.69) is 4.74 Å². The first-order chi connectivity index (χ1) is 6.16. The molecule has 4 nitrogen and oxygen atoms in total. The fourth-order valence-corrected chi connectivity index (χ4v) is 1.54. The average molecular weight is 184 g/mol. The van der Waals surface area contributed by atoms with E-state index in [0.717, 1.165) is 18.4 Å². The van der Waals surface area contributed by atoms with Gasteiger partial charge < -0.3 is 9.84 Å². The highest BCUT2D eigenvalue weighted by atomic mass is 16.5. The van der Waals surface area contributed by atoms with Gasteiger partial charge in [0.25, 0.3) is 0 Å². The van der Waals surface area contributed by atoms with E-state index in [-0.39, 0.29) is 5.57 Å². The maximum atomic E-state index is 11.1. The van der Waals surface area contributed by atoms with Gasteiger partial charge in [-0.25, -0.2) is 9.59 Å². The summed E-state index contributed by atoms with van der Waals surface area (Å²) in [7, 11) is 1.20. The quantitative estimate of drug-likeness (QED) is 0.302. The molecule has 1 aliphatic carbocycles. The molecule has 0 unspecified atom stereocenters. The number of ether oxygens (including phenoxy) is 1. The summed E-state index contributed by atoms with van der Waals surface area (Å²) < 4.78 is 4.41. The van der Waals surface area contributed by atoms with Gasteiger partial charge in [0.05, 0.1) is 7.11 Å². The number of esters is 1. The minimum Gasteiger partial charge on any atom is -0.477 e. The van der Waals surface area contributed by atoms with E-state index in [0.29, 0.717) is 12.8 Å². The lowest BCUT2D eigenvalue weighted by Gasteiger charge is -2.03. The lowest BCUT2D eigenvalue weighted by Crippen LogP contribution is -2.15. The van der Waals surface area contributed by atoms with Crippen LogP contribution in [0.5, 0.6) is 0 Å². The van der Waals surface area contributed by atoms with Crippen molar-refractivity contribution in [2.75, 3.05) is 7.11 Å². The van der Waals surface area contributed by atoms with Crippen molar-refractivity contribution in [3.63, 3.8) is 0 Å². The van der Waals surface area contributed by atoms with Gasteiger partial charge in [0.1, 0.15) is 5.57 Å². The number of carboxylic acids is 1. The van der Waals surface area contributed by atoms with Crippen molar-refractivity contribution in [1.29, 1.82) is 0 Å². The van der Waals surface area contributed by atoms with Crippen molar-refractivity contribution >= 4 is 11.9 Å². The predicted molar refractivity (Wildman–Crippen MR) is 45.1 cm³/mol. The molecule has 0 bridgehead atoms. The van der Waals surface area contributed by atoms with Crippen LogP contribution in [0.4, 0.5) is 0 Å². The van der Waals surface area contributed by atoms with Crippen LogP contribution >= 0.6 is 0 Å². The molecule has 0 heterocycles. The predicted octanol–water partition coefficient (Wildman–Crippen LogP) is 1.11. The van der Waals surface area contributed by atoms with Crippen LogP contribution in [0.25, 0.3) is 0 Å². The Kier molecular flexibility index (Phi) is 3.06. The van der Waals surface area contributed by atoms with Crippen molar-refractivity contribution in [2.45, 2.75) is 25.7 Å². The fraction of sp³-hybridized carbons (Fsp3) is 0.556. The maximum absolute atomic E-state index is 11.1. The lowest BCUT2D eigenvalue weighted by atomic mass is 10.1. The van der Waals surface area contributed by atoms with Gasteiger partial charge in [0.2, 0.25) is 0 Å². The van der Waals surface area contributed by atoms with Crippen LogP contribution in [-0.2, 0) is 14.3 Å².